The zero-order valence-corrected chi connectivity index (χ0v) is 14.3. The third kappa shape index (κ3) is 3.83. The largest absolute Gasteiger partial charge is 0.366 e. The molecule has 1 fully saturated rings. The number of nitrogens with zero attached hydrogens (tertiary/aromatic N) is 2. The van der Waals surface area contributed by atoms with Gasteiger partial charge in [0.05, 0.1) is 0 Å². The fourth-order valence-corrected chi connectivity index (χ4v) is 4.01. The fourth-order valence-electron chi connectivity index (χ4n) is 2.62. The van der Waals surface area contributed by atoms with E-state index in [1.165, 1.54) is 10.5 Å². The van der Waals surface area contributed by atoms with E-state index in [9.17, 15) is 8.42 Å². The molecular formula is C18H21N3O2S. The van der Waals surface area contributed by atoms with Crippen LogP contribution in [0.15, 0.2) is 65.7 Å². The van der Waals surface area contributed by atoms with E-state index in [1.807, 2.05) is 30.3 Å². The summed E-state index contributed by atoms with van der Waals surface area (Å²) < 4.78 is 26.8. The monoisotopic (exact) mass is 343 g/mol. The highest BCUT2D eigenvalue weighted by molar-refractivity contribution is 7.89. The second-order valence-electron chi connectivity index (χ2n) is 5.87. The summed E-state index contributed by atoms with van der Waals surface area (Å²) in [5.41, 5.74) is 2.25. The van der Waals surface area contributed by atoms with Crippen molar-refractivity contribution in [1.29, 1.82) is 0 Å². The SMILES string of the molecule is C=C1CCN(S(=O)(=O)c2ccc(NCc3ccccc3)nc2)CC1. The van der Waals surface area contributed by atoms with Crippen LogP contribution >= 0.6 is 0 Å². The first-order valence-corrected chi connectivity index (χ1v) is 9.40. The Balaban J connectivity index is 1.66. The molecule has 2 heterocycles. The van der Waals surface area contributed by atoms with E-state index in [-0.39, 0.29) is 4.90 Å². The Hall–Kier alpha value is -2.18. The van der Waals surface area contributed by atoms with E-state index in [2.05, 4.69) is 16.9 Å². The van der Waals surface area contributed by atoms with Crippen LogP contribution in [0.25, 0.3) is 0 Å². The van der Waals surface area contributed by atoms with E-state index < -0.39 is 10.0 Å². The number of aromatic nitrogens is 1. The quantitative estimate of drug-likeness (QED) is 0.848. The van der Waals surface area contributed by atoms with Gasteiger partial charge in [0.15, 0.2) is 0 Å². The molecule has 0 atom stereocenters. The van der Waals surface area contributed by atoms with Crippen LogP contribution in [0.4, 0.5) is 5.82 Å². The van der Waals surface area contributed by atoms with E-state index in [1.54, 1.807) is 12.1 Å². The molecule has 1 N–H and O–H groups in total. The first-order valence-electron chi connectivity index (χ1n) is 7.96. The molecule has 5 nitrogen and oxygen atoms in total. The van der Waals surface area contributed by atoms with Crippen LogP contribution in [0.5, 0.6) is 0 Å². The Bertz CT molecular complexity index is 792. The van der Waals surface area contributed by atoms with Gasteiger partial charge in [-0.25, -0.2) is 13.4 Å². The Morgan fingerprint density at radius 1 is 1.08 bits per heavy atom. The van der Waals surface area contributed by atoms with Crippen molar-refractivity contribution in [2.75, 3.05) is 18.4 Å². The average molecular weight is 343 g/mol. The highest BCUT2D eigenvalue weighted by Crippen LogP contribution is 2.22. The van der Waals surface area contributed by atoms with Gasteiger partial charge < -0.3 is 5.32 Å². The predicted octanol–water partition coefficient (Wildman–Crippen LogP) is 3.03. The Labute approximate surface area is 143 Å². The number of rotatable bonds is 5. The zero-order chi connectivity index (χ0) is 17.0. The Morgan fingerprint density at radius 2 is 1.79 bits per heavy atom. The van der Waals surface area contributed by atoms with Crippen molar-refractivity contribution in [3.63, 3.8) is 0 Å². The molecule has 0 radical (unpaired) electrons. The smallest absolute Gasteiger partial charge is 0.244 e. The maximum absolute atomic E-state index is 12.6. The highest BCUT2D eigenvalue weighted by Gasteiger charge is 2.27. The van der Waals surface area contributed by atoms with E-state index in [0.29, 0.717) is 25.5 Å². The third-order valence-corrected chi connectivity index (χ3v) is 6.00. The van der Waals surface area contributed by atoms with Gasteiger partial charge in [-0.2, -0.15) is 4.31 Å². The van der Waals surface area contributed by atoms with Crippen molar-refractivity contribution < 1.29 is 8.42 Å². The standard InChI is InChI=1S/C18H21N3O2S/c1-15-9-11-21(12-10-15)24(22,23)17-7-8-18(20-14-17)19-13-16-5-3-2-4-6-16/h2-8,14H,1,9-13H2,(H,19,20). The highest BCUT2D eigenvalue weighted by atomic mass is 32.2. The summed E-state index contributed by atoms with van der Waals surface area (Å²) >= 11 is 0. The molecule has 1 aromatic heterocycles. The van der Waals surface area contributed by atoms with Gasteiger partial charge in [0.25, 0.3) is 0 Å². The molecule has 3 rings (SSSR count). The summed E-state index contributed by atoms with van der Waals surface area (Å²) in [5, 5.41) is 3.19. The minimum Gasteiger partial charge on any atom is -0.366 e. The average Bonchev–Trinajstić information content (AvgIpc) is 2.61. The Morgan fingerprint density at radius 3 is 2.42 bits per heavy atom. The van der Waals surface area contributed by atoms with Crippen LogP contribution < -0.4 is 5.32 Å². The second-order valence-corrected chi connectivity index (χ2v) is 7.81. The van der Waals surface area contributed by atoms with E-state index in [0.717, 1.165) is 24.0 Å². The van der Waals surface area contributed by atoms with Crippen LogP contribution in [0.3, 0.4) is 0 Å². The number of sulfonamides is 1. The lowest BCUT2D eigenvalue weighted by Gasteiger charge is -2.27. The maximum Gasteiger partial charge on any atom is 0.244 e. The number of benzene rings is 1. The molecule has 6 heteroatoms. The van der Waals surface area contributed by atoms with Crippen molar-refractivity contribution in [3.8, 4) is 0 Å². The van der Waals surface area contributed by atoms with Gasteiger partial charge in [0.2, 0.25) is 10.0 Å². The van der Waals surface area contributed by atoms with Gasteiger partial charge in [-0.1, -0.05) is 42.5 Å². The molecule has 0 spiro atoms. The number of piperidine rings is 1. The molecule has 0 amide bonds. The van der Waals surface area contributed by atoms with E-state index >= 15 is 0 Å². The third-order valence-electron chi connectivity index (χ3n) is 4.12. The molecule has 0 aliphatic carbocycles. The summed E-state index contributed by atoms with van der Waals surface area (Å²) in [5.74, 6) is 0.657. The molecule has 24 heavy (non-hydrogen) atoms. The second kappa shape index (κ2) is 7.15. The molecule has 0 unspecified atom stereocenters. The molecular weight excluding hydrogens is 322 g/mol. The van der Waals surface area contributed by atoms with Gasteiger partial charge >= 0.3 is 0 Å². The van der Waals surface area contributed by atoms with E-state index in [4.69, 9.17) is 0 Å². The molecule has 1 aliphatic heterocycles. The lowest BCUT2D eigenvalue weighted by molar-refractivity contribution is 0.387. The van der Waals surface area contributed by atoms with Gasteiger partial charge in [0.1, 0.15) is 10.7 Å². The molecule has 126 valence electrons. The molecule has 1 aliphatic rings. The molecule has 0 bridgehead atoms. The molecule has 1 aromatic carbocycles. The summed E-state index contributed by atoms with van der Waals surface area (Å²) in [4.78, 5) is 4.47. The first kappa shape index (κ1) is 16.7. The summed E-state index contributed by atoms with van der Waals surface area (Å²) in [7, 11) is -3.47. The van der Waals surface area contributed by atoms with Crippen molar-refractivity contribution >= 4 is 15.8 Å². The van der Waals surface area contributed by atoms with Gasteiger partial charge in [-0.05, 0) is 30.5 Å². The topological polar surface area (TPSA) is 62.3 Å². The lowest BCUT2D eigenvalue weighted by atomic mass is 10.1. The summed E-state index contributed by atoms with van der Waals surface area (Å²) in [6, 6.07) is 13.3. The number of anilines is 1. The van der Waals surface area contributed by atoms with Crippen LogP contribution in [0, 0.1) is 0 Å². The fraction of sp³-hybridized carbons (Fsp3) is 0.278. The van der Waals surface area contributed by atoms with Crippen LogP contribution in [-0.4, -0.2) is 30.8 Å². The number of hydrogen-bond acceptors (Lipinski definition) is 4. The lowest BCUT2D eigenvalue weighted by Crippen LogP contribution is -2.36. The van der Waals surface area contributed by atoms with Gasteiger partial charge in [0, 0.05) is 25.8 Å². The van der Waals surface area contributed by atoms with Crippen molar-refractivity contribution in [1.82, 2.24) is 9.29 Å². The van der Waals surface area contributed by atoms with Gasteiger partial charge in [-0.3, -0.25) is 0 Å². The summed E-state index contributed by atoms with van der Waals surface area (Å²) in [6.45, 7) is 5.56. The minimum atomic E-state index is -3.47. The first-order chi connectivity index (χ1) is 11.6. The number of pyridine rings is 1. The zero-order valence-electron chi connectivity index (χ0n) is 13.5. The predicted molar refractivity (Wildman–Crippen MR) is 95.1 cm³/mol. The van der Waals surface area contributed by atoms with Crippen molar-refractivity contribution in [2.24, 2.45) is 0 Å². The minimum absolute atomic E-state index is 0.236. The maximum atomic E-state index is 12.6. The molecule has 2 aromatic rings. The van der Waals surface area contributed by atoms with Gasteiger partial charge in [-0.15, -0.1) is 0 Å². The summed E-state index contributed by atoms with van der Waals surface area (Å²) in [6.07, 6.45) is 2.87. The number of nitrogens with one attached hydrogen (secondary N) is 1. The normalized spacial score (nSPS) is 16.1. The van der Waals surface area contributed by atoms with Crippen molar-refractivity contribution in [2.45, 2.75) is 24.3 Å². The Kier molecular flexibility index (Phi) is 4.97. The van der Waals surface area contributed by atoms with Crippen LogP contribution in [0.1, 0.15) is 18.4 Å². The van der Waals surface area contributed by atoms with Crippen LogP contribution in [-0.2, 0) is 16.6 Å². The van der Waals surface area contributed by atoms with Crippen molar-refractivity contribution in [3.05, 3.63) is 66.4 Å². The molecule has 0 saturated carbocycles. The van der Waals surface area contributed by atoms with Crippen LogP contribution in [0.2, 0.25) is 0 Å². The number of hydrogen-bond donors (Lipinski definition) is 1. The molecule has 1 saturated heterocycles.